The van der Waals surface area contributed by atoms with Crippen LogP contribution in [0, 0.1) is 0 Å². The number of anilines is 3. The van der Waals surface area contributed by atoms with Crippen LogP contribution in [0.15, 0.2) is 41.3 Å². The zero-order chi connectivity index (χ0) is 28.6. The number of nitrogens with one attached hydrogen (secondary N) is 2. The van der Waals surface area contributed by atoms with Crippen molar-refractivity contribution in [2.24, 2.45) is 0 Å². The monoisotopic (exact) mass is 560 g/mol. The van der Waals surface area contributed by atoms with Crippen molar-refractivity contribution in [3.05, 3.63) is 47.1 Å². The molecule has 13 heteroatoms. The van der Waals surface area contributed by atoms with Crippen molar-refractivity contribution < 1.29 is 21.6 Å². The van der Waals surface area contributed by atoms with E-state index in [1.54, 1.807) is 0 Å². The molecule has 0 saturated carbocycles. The zero-order valence-electron chi connectivity index (χ0n) is 22.0. The smallest absolute Gasteiger partial charge is 0.349 e. The van der Waals surface area contributed by atoms with E-state index in [4.69, 9.17) is 11.6 Å². The van der Waals surface area contributed by atoms with Crippen LogP contribution in [-0.2, 0) is 16.0 Å². The van der Waals surface area contributed by atoms with E-state index in [1.165, 1.54) is 30.3 Å². The van der Waals surface area contributed by atoms with E-state index in [-0.39, 0.29) is 39.0 Å². The Bertz CT molecular complexity index is 1300. The number of alkyl halides is 3. The molecule has 0 amide bonds. The van der Waals surface area contributed by atoms with Crippen LogP contribution in [0.25, 0.3) is 11.5 Å². The van der Waals surface area contributed by atoms with Gasteiger partial charge in [0.2, 0.25) is 11.9 Å². The molecule has 3 aromatic rings. The van der Waals surface area contributed by atoms with E-state index in [0.29, 0.717) is 0 Å². The molecule has 0 bridgehead atoms. The Hall–Kier alpha value is -2.99. The summed E-state index contributed by atoms with van der Waals surface area (Å²) in [6.45, 7) is 13.5. The SMILES string of the molecule is CC.CC.CC(C)(C)Nc1nc(Nc2cc(Cl)cc(S(C)(=O)=O)c2)nc(-c2cccc(C(F)(F)F)n2)n1. The van der Waals surface area contributed by atoms with E-state index in [2.05, 4.69) is 30.6 Å². The minimum absolute atomic E-state index is 0.0284. The third-order valence-electron chi connectivity index (χ3n) is 3.95. The normalized spacial score (nSPS) is 11.5. The molecule has 1 aromatic carbocycles. The van der Waals surface area contributed by atoms with E-state index < -0.39 is 27.2 Å². The third kappa shape index (κ3) is 10.1. The minimum atomic E-state index is -4.64. The summed E-state index contributed by atoms with van der Waals surface area (Å²) in [6.07, 6.45) is -3.60. The highest BCUT2D eigenvalue weighted by molar-refractivity contribution is 7.90. The predicted octanol–water partition coefficient (Wildman–Crippen LogP) is 7.02. The number of hydrogen-bond donors (Lipinski definition) is 2. The second-order valence-electron chi connectivity index (χ2n) is 8.16. The van der Waals surface area contributed by atoms with Gasteiger partial charge in [-0.15, -0.1) is 0 Å². The van der Waals surface area contributed by atoms with Gasteiger partial charge in [-0.25, -0.2) is 13.4 Å². The van der Waals surface area contributed by atoms with Crippen LogP contribution in [0.1, 0.15) is 54.2 Å². The van der Waals surface area contributed by atoms with Crippen molar-refractivity contribution in [3.8, 4) is 11.5 Å². The fraction of sp³-hybridized carbons (Fsp3) is 0.417. The van der Waals surface area contributed by atoms with Crippen LogP contribution in [0.2, 0.25) is 5.02 Å². The van der Waals surface area contributed by atoms with Crippen LogP contribution >= 0.6 is 11.6 Å². The Kier molecular flexibility index (Phi) is 11.3. The summed E-state index contributed by atoms with van der Waals surface area (Å²) in [5, 5.41) is 6.03. The third-order valence-corrected chi connectivity index (χ3v) is 5.26. The van der Waals surface area contributed by atoms with Gasteiger partial charge in [0.25, 0.3) is 0 Å². The molecule has 0 radical (unpaired) electrons. The van der Waals surface area contributed by atoms with Crippen LogP contribution in [0.4, 0.5) is 30.8 Å². The summed E-state index contributed by atoms with van der Waals surface area (Å²) in [5.41, 5.74) is -1.42. The first-order chi connectivity index (χ1) is 17.1. The Morgan fingerprint density at radius 3 is 2.00 bits per heavy atom. The average Bonchev–Trinajstić information content (AvgIpc) is 2.79. The van der Waals surface area contributed by atoms with Crippen molar-refractivity contribution in [1.29, 1.82) is 0 Å². The lowest BCUT2D eigenvalue weighted by molar-refractivity contribution is -0.141. The number of pyridine rings is 1. The predicted molar refractivity (Wildman–Crippen MR) is 142 cm³/mol. The summed E-state index contributed by atoms with van der Waals surface area (Å²) in [4.78, 5) is 16.2. The molecule has 2 heterocycles. The molecule has 204 valence electrons. The second kappa shape index (κ2) is 13.0. The maximum absolute atomic E-state index is 13.1. The number of halogens is 4. The number of hydrogen-bond acceptors (Lipinski definition) is 8. The van der Waals surface area contributed by atoms with Crippen molar-refractivity contribution >= 4 is 39.0 Å². The summed E-state index contributed by atoms with van der Waals surface area (Å²) in [5.74, 6) is -0.0806. The molecule has 37 heavy (non-hydrogen) atoms. The van der Waals surface area contributed by atoms with E-state index in [1.807, 2.05) is 48.5 Å². The maximum atomic E-state index is 13.1. The van der Waals surface area contributed by atoms with Gasteiger partial charge in [0, 0.05) is 22.5 Å². The Labute approximate surface area is 221 Å². The number of benzene rings is 1. The first-order valence-electron chi connectivity index (χ1n) is 11.5. The lowest BCUT2D eigenvalue weighted by Gasteiger charge is -2.21. The topological polar surface area (TPSA) is 110 Å². The van der Waals surface area contributed by atoms with Gasteiger partial charge in [-0.05, 0) is 51.1 Å². The highest BCUT2D eigenvalue weighted by atomic mass is 35.5. The first kappa shape index (κ1) is 32.0. The molecule has 2 aromatic heterocycles. The maximum Gasteiger partial charge on any atom is 0.433 e. The number of nitrogens with zero attached hydrogens (tertiary/aromatic N) is 4. The summed E-state index contributed by atoms with van der Waals surface area (Å²) >= 11 is 6.04. The largest absolute Gasteiger partial charge is 0.433 e. The number of rotatable bonds is 5. The van der Waals surface area contributed by atoms with E-state index >= 15 is 0 Å². The van der Waals surface area contributed by atoms with Crippen molar-refractivity contribution in [3.63, 3.8) is 0 Å². The summed E-state index contributed by atoms with van der Waals surface area (Å²) in [6, 6.07) is 7.48. The van der Waals surface area contributed by atoms with E-state index in [9.17, 15) is 21.6 Å². The molecule has 3 rings (SSSR count). The van der Waals surface area contributed by atoms with Gasteiger partial charge in [0.15, 0.2) is 15.7 Å². The lowest BCUT2D eigenvalue weighted by atomic mass is 10.1. The zero-order valence-corrected chi connectivity index (χ0v) is 23.6. The molecular formula is C24H32ClF3N6O2S. The molecule has 0 aliphatic rings. The average molecular weight is 561 g/mol. The highest BCUT2D eigenvalue weighted by Gasteiger charge is 2.32. The van der Waals surface area contributed by atoms with E-state index in [0.717, 1.165) is 12.3 Å². The highest BCUT2D eigenvalue weighted by Crippen LogP contribution is 2.30. The molecular weight excluding hydrogens is 529 g/mol. The molecule has 0 aliphatic heterocycles. The van der Waals surface area contributed by atoms with Crippen LogP contribution in [0.5, 0.6) is 0 Å². The van der Waals surface area contributed by atoms with Crippen molar-refractivity contribution in [1.82, 2.24) is 19.9 Å². The molecule has 0 saturated heterocycles. The minimum Gasteiger partial charge on any atom is -0.349 e. The lowest BCUT2D eigenvalue weighted by Crippen LogP contribution is -2.27. The Morgan fingerprint density at radius 1 is 0.865 bits per heavy atom. The Morgan fingerprint density at radius 2 is 1.46 bits per heavy atom. The summed E-state index contributed by atoms with van der Waals surface area (Å²) in [7, 11) is -3.55. The van der Waals surface area contributed by atoms with Gasteiger partial charge >= 0.3 is 6.18 Å². The quantitative estimate of drug-likeness (QED) is 0.343. The molecule has 0 atom stereocenters. The fourth-order valence-corrected chi connectivity index (χ4v) is 3.61. The van der Waals surface area contributed by atoms with Crippen LogP contribution in [-0.4, -0.2) is 40.1 Å². The van der Waals surface area contributed by atoms with Gasteiger partial charge in [-0.1, -0.05) is 45.4 Å². The molecule has 0 fully saturated rings. The fourth-order valence-electron chi connectivity index (χ4n) is 2.63. The second-order valence-corrected chi connectivity index (χ2v) is 10.6. The number of sulfone groups is 1. The van der Waals surface area contributed by atoms with Crippen molar-refractivity contribution in [2.75, 3.05) is 16.9 Å². The van der Waals surface area contributed by atoms with Gasteiger partial charge in [0.1, 0.15) is 11.4 Å². The summed E-state index contributed by atoms with van der Waals surface area (Å²) < 4.78 is 63.2. The molecule has 8 nitrogen and oxygen atoms in total. The number of aromatic nitrogens is 4. The Balaban J connectivity index is 0.00000163. The van der Waals surface area contributed by atoms with Crippen molar-refractivity contribution in [2.45, 2.75) is 65.1 Å². The first-order valence-corrected chi connectivity index (χ1v) is 13.7. The molecule has 0 spiro atoms. The standard InChI is InChI=1S/C20H20ClF3N6O2S.2C2H6/c1-19(2,3)30-18-28-16(14-6-5-7-15(26-14)20(22,23)24)27-17(29-18)25-12-8-11(21)9-13(10-12)33(4,31)32;2*1-2/h5-10H,1-4H3,(H2,25,27,28,29,30);2*1-2H3. The van der Waals surface area contributed by atoms with Gasteiger partial charge < -0.3 is 10.6 Å². The molecule has 0 aliphatic carbocycles. The van der Waals surface area contributed by atoms with Gasteiger partial charge in [-0.3, -0.25) is 0 Å². The van der Waals surface area contributed by atoms with Gasteiger partial charge in [0.05, 0.1) is 4.90 Å². The molecule has 2 N–H and O–H groups in total. The van der Waals surface area contributed by atoms with Crippen LogP contribution < -0.4 is 10.6 Å². The van der Waals surface area contributed by atoms with Crippen LogP contribution in [0.3, 0.4) is 0 Å². The van der Waals surface area contributed by atoms with Gasteiger partial charge in [-0.2, -0.15) is 28.1 Å². The molecule has 0 unspecified atom stereocenters.